The summed E-state index contributed by atoms with van der Waals surface area (Å²) < 4.78 is 11.1. The molecule has 2 atom stereocenters. The van der Waals surface area contributed by atoms with E-state index in [-0.39, 0.29) is 0 Å². The van der Waals surface area contributed by atoms with Crippen molar-refractivity contribution in [2.24, 2.45) is 5.41 Å². The molecule has 2 saturated carbocycles. The smallest absolute Gasteiger partial charge is 0.0947 e. The SMILES string of the molecule is CCOC1CC(NCc2ccoc2)C12CCCCC2. The normalized spacial score (nSPS) is 29.3. The standard InChI is InChI=1S/C16H25NO2/c1-2-19-15-10-14(16(15)7-4-3-5-8-16)17-11-13-6-9-18-12-13/h6,9,12,14-15,17H,2-5,7-8,10-11H2,1H3. The van der Waals surface area contributed by atoms with Crippen LogP contribution in [0.15, 0.2) is 23.0 Å². The molecule has 0 aliphatic heterocycles. The van der Waals surface area contributed by atoms with Gasteiger partial charge in [0.2, 0.25) is 0 Å². The first kappa shape index (κ1) is 13.2. The second-order valence-corrected chi connectivity index (χ2v) is 6.04. The highest BCUT2D eigenvalue weighted by atomic mass is 16.5. The van der Waals surface area contributed by atoms with Gasteiger partial charge in [0.1, 0.15) is 0 Å². The molecule has 19 heavy (non-hydrogen) atoms. The van der Waals surface area contributed by atoms with Crippen LogP contribution >= 0.6 is 0 Å². The van der Waals surface area contributed by atoms with E-state index < -0.39 is 0 Å². The second-order valence-electron chi connectivity index (χ2n) is 6.04. The Balaban J connectivity index is 1.61. The van der Waals surface area contributed by atoms with Crippen LogP contribution in [0.5, 0.6) is 0 Å². The number of ether oxygens (including phenoxy) is 1. The van der Waals surface area contributed by atoms with Crippen molar-refractivity contribution in [3.8, 4) is 0 Å². The number of nitrogens with one attached hydrogen (secondary N) is 1. The lowest BCUT2D eigenvalue weighted by molar-refractivity contribution is -0.150. The lowest BCUT2D eigenvalue weighted by Gasteiger charge is -2.58. The highest BCUT2D eigenvalue weighted by molar-refractivity contribution is 5.11. The van der Waals surface area contributed by atoms with Gasteiger partial charge < -0.3 is 14.5 Å². The summed E-state index contributed by atoms with van der Waals surface area (Å²) >= 11 is 0. The largest absolute Gasteiger partial charge is 0.472 e. The Bertz CT molecular complexity index is 381. The van der Waals surface area contributed by atoms with Crippen molar-refractivity contribution in [2.75, 3.05) is 6.61 Å². The van der Waals surface area contributed by atoms with Crippen LogP contribution < -0.4 is 5.32 Å². The molecule has 2 aliphatic carbocycles. The molecule has 0 bridgehead atoms. The maximum Gasteiger partial charge on any atom is 0.0947 e. The van der Waals surface area contributed by atoms with Gasteiger partial charge >= 0.3 is 0 Å². The Morgan fingerprint density at radius 1 is 1.37 bits per heavy atom. The average Bonchev–Trinajstić information content (AvgIpc) is 2.96. The van der Waals surface area contributed by atoms with E-state index in [1.807, 2.05) is 12.3 Å². The summed E-state index contributed by atoms with van der Waals surface area (Å²) in [4.78, 5) is 0. The summed E-state index contributed by atoms with van der Waals surface area (Å²) in [6.07, 6.45) is 12.0. The Hall–Kier alpha value is -0.800. The molecule has 2 aliphatic rings. The number of furan rings is 1. The van der Waals surface area contributed by atoms with Crippen LogP contribution in [-0.2, 0) is 11.3 Å². The molecule has 2 unspecified atom stereocenters. The van der Waals surface area contributed by atoms with E-state index >= 15 is 0 Å². The van der Waals surface area contributed by atoms with Crippen molar-refractivity contribution in [3.05, 3.63) is 24.2 Å². The third-order valence-electron chi connectivity index (χ3n) is 5.07. The summed E-state index contributed by atoms with van der Waals surface area (Å²) in [6.45, 7) is 3.88. The zero-order chi connectivity index (χ0) is 13.1. The monoisotopic (exact) mass is 263 g/mol. The average molecular weight is 263 g/mol. The molecule has 1 N–H and O–H groups in total. The molecule has 1 aromatic rings. The van der Waals surface area contributed by atoms with Crippen molar-refractivity contribution in [1.29, 1.82) is 0 Å². The quantitative estimate of drug-likeness (QED) is 0.883. The fourth-order valence-electron chi connectivity index (χ4n) is 3.98. The Labute approximate surface area is 115 Å². The fourth-order valence-corrected chi connectivity index (χ4v) is 3.98. The maximum absolute atomic E-state index is 5.98. The van der Waals surface area contributed by atoms with Crippen LogP contribution in [0.1, 0.15) is 51.0 Å². The van der Waals surface area contributed by atoms with Gasteiger partial charge in [-0.2, -0.15) is 0 Å². The summed E-state index contributed by atoms with van der Waals surface area (Å²) in [7, 11) is 0. The van der Waals surface area contributed by atoms with Gasteiger partial charge in [-0.05, 0) is 32.3 Å². The third kappa shape index (κ3) is 2.46. The minimum Gasteiger partial charge on any atom is -0.472 e. The molecule has 2 fully saturated rings. The molecule has 0 amide bonds. The van der Waals surface area contributed by atoms with Crippen molar-refractivity contribution < 1.29 is 9.15 Å². The summed E-state index contributed by atoms with van der Waals surface area (Å²) in [5.41, 5.74) is 1.66. The molecule has 106 valence electrons. The van der Waals surface area contributed by atoms with Crippen molar-refractivity contribution >= 4 is 0 Å². The van der Waals surface area contributed by atoms with Gasteiger partial charge in [-0.3, -0.25) is 0 Å². The van der Waals surface area contributed by atoms with Gasteiger partial charge in [0, 0.05) is 30.2 Å². The summed E-state index contributed by atoms with van der Waals surface area (Å²) in [6, 6.07) is 2.67. The molecule has 0 radical (unpaired) electrons. The second kappa shape index (κ2) is 5.68. The Kier molecular flexibility index (Phi) is 3.94. The topological polar surface area (TPSA) is 34.4 Å². The molecule has 3 heteroatoms. The Morgan fingerprint density at radius 3 is 2.89 bits per heavy atom. The molecular weight excluding hydrogens is 238 g/mol. The number of hydrogen-bond donors (Lipinski definition) is 1. The first-order chi connectivity index (χ1) is 9.35. The third-order valence-corrected chi connectivity index (χ3v) is 5.07. The van der Waals surface area contributed by atoms with Crippen molar-refractivity contribution in [2.45, 2.75) is 64.1 Å². The molecule has 3 rings (SSSR count). The maximum atomic E-state index is 5.98. The van der Waals surface area contributed by atoms with E-state index in [0.717, 1.165) is 13.2 Å². The van der Waals surface area contributed by atoms with Crippen LogP contribution in [0.4, 0.5) is 0 Å². The minimum atomic E-state index is 0.415. The summed E-state index contributed by atoms with van der Waals surface area (Å²) in [5, 5.41) is 3.73. The predicted octanol–water partition coefficient (Wildman–Crippen LogP) is 3.50. The van der Waals surface area contributed by atoms with Gasteiger partial charge in [0.25, 0.3) is 0 Å². The Morgan fingerprint density at radius 2 is 2.21 bits per heavy atom. The lowest BCUT2D eigenvalue weighted by Crippen LogP contribution is -2.64. The van der Waals surface area contributed by atoms with E-state index in [4.69, 9.17) is 9.15 Å². The van der Waals surface area contributed by atoms with Crippen LogP contribution in [0, 0.1) is 5.41 Å². The van der Waals surface area contributed by atoms with Crippen LogP contribution in [0.3, 0.4) is 0 Å². The van der Waals surface area contributed by atoms with Crippen LogP contribution in [-0.4, -0.2) is 18.8 Å². The molecule has 1 spiro atoms. The van der Waals surface area contributed by atoms with E-state index in [1.165, 1.54) is 44.1 Å². The number of rotatable bonds is 5. The molecule has 3 nitrogen and oxygen atoms in total. The zero-order valence-corrected chi connectivity index (χ0v) is 11.9. The molecular formula is C16H25NO2. The van der Waals surface area contributed by atoms with Gasteiger partial charge in [0.05, 0.1) is 18.6 Å². The van der Waals surface area contributed by atoms with Crippen molar-refractivity contribution in [3.63, 3.8) is 0 Å². The summed E-state index contributed by atoms with van der Waals surface area (Å²) in [5.74, 6) is 0. The molecule has 1 aromatic heterocycles. The first-order valence-corrected chi connectivity index (χ1v) is 7.71. The molecule has 0 saturated heterocycles. The first-order valence-electron chi connectivity index (χ1n) is 7.71. The van der Waals surface area contributed by atoms with Gasteiger partial charge in [0.15, 0.2) is 0 Å². The van der Waals surface area contributed by atoms with Gasteiger partial charge in [-0.15, -0.1) is 0 Å². The molecule has 1 heterocycles. The van der Waals surface area contributed by atoms with E-state index in [2.05, 4.69) is 12.2 Å². The van der Waals surface area contributed by atoms with Crippen LogP contribution in [0.2, 0.25) is 0 Å². The highest BCUT2D eigenvalue weighted by Gasteiger charge is 2.55. The minimum absolute atomic E-state index is 0.415. The van der Waals surface area contributed by atoms with E-state index in [0.29, 0.717) is 17.6 Å². The van der Waals surface area contributed by atoms with Crippen molar-refractivity contribution in [1.82, 2.24) is 5.32 Å². The zero-order valence-electron chi connectivity index (χ0n) is 11.9. The van der Waals surface area contributed by atoms with Gasteiger partial charge in [-0.25, -0.2) is 0 Å². The predicted molar refractivity (Wildman–Crippen MR) is 74.9 cm³/mol. The fraction of sp³-hybridized carbons (Fsp3) is 0.750. The van der Waals surface area contributed by atoms with E-state index in [1.54, 1.807) is 6.26 Å². The lowest BCUT2D eigenvalue weighted by atomic mass is 9.55. The molecule has 0 aromatic carbocycles. The highest BCUT2D eigenvalue weighted by Crippen LogP contribution is 2.53. The van der Waals surface area contributed by atoms with Crippen LogP contribution in [0.25, 0.3) is 0 Å². The van der Waals surface area contributed by atoms with Gasteiger partial charge in [-0.1, -0.05) is 19.3 Å². The number of hydrogen-bond acceptors (Lipinski definition) is 3. The van der Waals surface area contributed by atoms with E-state index in [9.17, 15) is 0 Å².